The summed E-state index contributed by atoms with van der Waals surface area (Å²) in [6.07, 6.45) is 5.95. The second-order valence-electron chi connectivity index (χ2n) is 3.72. The lowest BCUT2D eigenvalue weighted by molar-refractivity contribution is -0.112. The molecule has 1 rings (SSSR count). The van der Waals surface area contributed by atoms with Crippen LogP contribution in [0, 0.1) is 0 Å². The van der Waals surface area contributed by atoms with E-state index in [1.807, 2.05) is 30.0 Å². The normalized spacial score (nSPS) is 10.9. The lowest BCUT2D eigenvalue weighted by Gasteiger charge is -2.00. The van der Waals surface area contributed by atoms with Crippen molar-refractivity contribution in [2.24, 2.45) is 0 Å². The molecule has 1 aromatic rings. The van der Waals surface area contributed by atoms with Gasteiger partial charge < -0.3 is 0 Å². The van der Waals surface area contributed by atoms with Crippen molar-refractivity contribution in [3.05, 3.63) is 35.9 Å². The van der Waals surface area contributed by atoms with Crippen molar-refractivity contribution < 1.29 is 4.79 Å². The summed E-state index contributed by atoms with van der Waals surface area (Å²) < 4.78 is 0. The maximum absolute atomic E-state index is 10.8. The van der Waals surface area contributed by atoms with Gasteiger partial charge in [0.2, 0.25) is 0 Å². The molecule has 0 aliphatic carbocycles. The standard InChI is InChI=1S/C14H18OS/c1-3-4-11-16-14-9-7-13(8-10-14)6-5-12(2)15/h5-10H,3-4,11H2,1-2H3. The molecule has 0 bridgehead atoms. The highest BCUT2D eigenvalue weighted by molar-refractivity contribution is 7.99. The Morgan fingerprint density at radius 2 is 2.00 bits per heavy atom. The topological polar surface area (TPSA) is 17.1 Å². The number of carbonyl (C=O) groups is 1. The predicted molar refractivity (Wildman–Crippen MR) is 71.8 cm³/mol. The van der Waals surface area contributed by atoms with Crippen LogP contribution in [0.1, 0.15) is 32.3 Å². The fourth-order valence-electron chi connectivity index (χ4n) is 1.22. The summed E-state index contributed by atoms with van der Waals surface area (Å²) in [5, 5.41) is 0. The van der Waals surface area contributed by atoms with E-state index in [0.717, 1.165) is 5.56 Å². The van der Waals surface area contributed by atoms with Crippen LogP contribution in [0.2, 0.25) is 0 Å². The zero-order valence-electron chi connectivity index (χ0n) is 9.90. The average Bonchev–Trinajstić information content (AvgIpc) is 2.28. The van der Waals surface area contributed by atoms with Crippen molar-refractivity contribution in [3.63, 3.8) is 0 Å². The summed E-state index contributed by atoms with van der Waals surface area (Å²) in [6.45, 7) is 3.77. The molecule has 0 unspecified atom stereocenters. The number of ketones is 1. The van der Waals surface area contributed by atoms with Crippen molar-refractivity contribution in [1.29, 1.82) is 0 Å². The fraction of sp³-hybridized carbons (Fsp3) is 0.357. The fourth-order valence-corrected chi connectivity index (χ4v) is 2.22. The molecule has 0 heterocycles. The van der Waals surface area contributed by atoms with E-state index < -0.39 is 0 Å². The summed E-state index contributed by atoms with van der Waals surface area (Å²) in [7, 11) is 0. The van der Waals surface area contributed by atoms with Gasteiger partial charge in [0.05, 0.1) is 0 Å². The SMILES string of the molecule is CCCCSc1ccc(C=CC(C)=O)cc1. The van der Waals surface area contributed by atoms with Crippen molar-refractivity contribution in [3.8, 4) is 0 Å². The third-order valence-electron chi connectivity index (χ3n) is 2.16. The zero-order valence-corrected chi connectivity index (χ0v) is 10.7. The van der Waals surface area contributed by atoms with Gasteiger partial charge >= 0.3 is 0 Å². The molecule has 0 aliphatic heterocycles. The van der Waals surface area contributed by atoms with E-state index in [9.17, 15) is 4.79 Å². The lowest BCUT2D eigenvalue weighted by Crippen LogP contribution is -1.81. The van der Waals surface area contributed by atoms with E-state index in [4.69, 9.17) is 0 Å². The first-order chi connectivity index (χ1) is 7.72. The average molecular weight is 234 g/mol. The molecule has 0 atom stereocenters. The Labute approximate surface area is 102 Å². The van der Waals surface area contributed by atoms with Gasteiger partial charge in [-0.15, -0.1) is 11.8 Å². The number of carbonyl (C=O) groups excluding carboxylic acids is 1. The van der Waals surface area contributed by atoms with Crippen LogP contribution in [0.3, 0.4) is 0 Å². The molecule has 2 heteroatoms. The molecule has 0 saturated carbocycles. The van der Waals surface area contributed by atoms with Crippen LogP contribution in [0.15, 0.2) is 35.2 Å². The molecule has 0 aromatic heterocycles. The Morgan fingerprint density at radius 3 is 2.56 bits per heavy atom. The van der Waals surface area contributed by atoms with E-state index in [-0.39, 0.29) is 5.78 Å². The Bertz CT molecular complexity index is 352. The summed E-state index contributed by atoms with van der Waals surface area (Å²) in [4.78, 5) is 12.1. The van der Waals surface area contributed by atoms with Crippen LogP contribution >= 0.6 is 11.8 Å². The van der Waals surface area contributed by atoms with E-state index in [0.29, 0.717) is 0 Å². The molecular formula is C14H18OS. The highest BCUT2D eigenvalue weighted by atomic mass is 32.2. The first-order valence-electron chi connectivity index (χ1n) is 5.64. The smallest absolute Gasteiger partial charge is 0.152 e. The number of hydrogen-bond donors (Lipinski definition) is 0. The Balaban J connectivity index is 2.51. The third-order valence-corrected chi connectivity index (χ3v) is 3.26. The molecule has 0 N–H and O–H groups in total. The van der Waals surface area contributed by atoms with E-state index in [1.54, 1.807) is 13.0 Å². The highest BCUT2D eigenvalue weighted by Crippen LogP contribution is 2.20. The maximum atomic E-state index is 10.8. The van der Waals surface area contributed by atoms with E-state index in [1.165, 1.54) is 23.5 Å². The second-order valence-corrected chi connectivity index (χ2v) is 4.88. The number of allylic oxidation sites excluding steroid dienone is 1. The molecule has 0 saturated heterocycles. The van der Waals surface area contributed by atoms with Crippen LogP contribution in [0.4, 0.5) is 0 Å². The quantitative estimate of drug-likeness (QED) is 0.417. The summed E-state index contributed by atoms with van der Waals surface area (Å²) in [5.41, 5.74) is 1.08. The minimum Gasteiger partial charge on any atom is -0.295 e. The van der Waals surface area contributed by atoms with Crippen molar-refractivity contribution in [2.45, 2.75) is 31.6 Å². The predicted octanol–water partition coefficient (Wildman–Crippen LogP) is 4.18. The molecule has 86 valence electrons. The minimum absolute atomic E-state index is 0.0846. The van der Waals surface area contributed by atoms with Gasteiger partial charge in [-0.1, -0.05) is 31.6 Å². The van der Waals surface area contributed by atoms with Crippen molar-refractivity contribution >= 4 is 23.6 Å². The van der Waals surface area contributed by atoms with Crippen molar-refractivity contribution in [2.75, 3.05) is 5.75 Å². The van der Waals surface area contributed by atoms with Crippen molar-refractivity contribution in [1.82, 2.24) is 0 Å². The minimum atomic E-state index is 0.0846. The van der Waals surface area contributed by atoms with Crippen LogP contribution in [-0.4, -0.2) is 11.5 Å². The van der Waals surface area contributed by atoms with E-state index >= 15 is 0 Å². The number of benzene rings is 1. The van der Waals surface area contributed by atoms with Crippen LogP contribution < -0.4 is 0 Å². The first kappa shape index (κ1) is 13.0. The van der Waals surface area contributed by atoms with E-state index in [2.05, 4.69) is 19.1 Å². The van der Waals surface area contributed by atoms with Gasteiger partial charge in [-0.05, 0) is 42.9 Å². The van der Waals surface area contributed by atoms with Crippen LogP contribution in [-0.2, 0) is 4.79 Å². The molecular weight excluding hydrogens is 216 g/mol. The van der Waals surface area contributed by atoms with Crippen LogP contribution in [0.5, 0.6) is 0 Å². The largest absolute Gasteiger partial charge is 0.295 e. The number of unbranched alkanes of at least 4 members (excludes halogenated alkanes) is 1. The summed E-state index contributed by atoms with van der Waals surface area (Å²) in [6, 6.07) is 8.32. The van der Waals surface area contributed by atoms with Gasteiger partial charge in [0.1, 0.15) is 0 Å². The monoisotopic (exact) mass is 234 g/mol. The third kappa shape index (κ3) is 5.17. The molecule has 1 nitrogen and oxygen atoms in total. The Morgan fingerprint density at radius 1 is 1.31 bits per heavy atom. The molecule has 16 heavy (non-hydrogen) atoms. The Hall–Kier alpha value is -1.02. The van der Waals surface area contributed by atoms with Gasteiger partial charge in [-0.3, -0.25) is 4.79 Å². The molecule has 0 amide bonds. The molecule has 1 aromatic carbocycles. The van der Waals surface area contributed by atoms with Gasteiger partial charge in [-0.25, -0.2) is 0 Å². The van der Waals surface area contributed by atoms with Gasteiger partial charge in [-0.2, -0.15) is 0 Å². The number of rotatable bonds is 6. The van der Waals surface area contributed by atoms with Gasteiger partial charge in [0.25, 0.3) is 0 Å². The van der Waals surface area contributed by atoms with Gasteiger partial charge in [0.15, 0.2) is 5.78 Å². The lowest BCUT2D eigenvalue weighted by atomic mass is 10.2. The molecule has 0 radical (unpaired) electrons. The molecule has 0 aliphatic rings. The first-order valence-corrected chi connectivity index (χ1v) is 6.62. The number of thioether (sulfide) groups is 1. The molecule has 0 fully saturated rings. The highest BCUT2D eigenvalue weighted by Gasteiger charge is 1.93. The number of hydrogen-bond acceptors (Lipinski definition) is 2. The van der Waals surface area contributed by atoms with Crippen LogP contribution in [0.25, 0.3) is 6.08 Å². The summed E-state index contributed by atoms with van der Waals surface area (Å²) in [5.74, 6) is 1.26. The van der Waals surface area contributed by atoms with Gasteiger partial charge in [0, 0.05) is 4.90 Å². The Kier molecular flexibility index (Phi) is 5.94. The zero-order chi connectivity index (χ0) is 11.8. The molecule has 0 spiro atoms. The maximum Gasteiger partial charge on any atom is 0.152 e. The second kappa shape index (κ2) is 7.29. The summed E-state index contributed by atoms with van der Waals surface area (Å²) >= 11 is 1.89.